The van der Waals surface area contributed by atoms with E-state index in [2.05, 4.69) is 0 Å². The fraction of sp³-hybridized carbons (Fsp3) is 0.636. The van der Waals surface area contributed by atoms with E-state index in [1.807, 2.05) is 0 Å². The zero-order valence-corrected chi connectivity index (χ0v) is 12.0. The Morgan fingerprint density at radius 3 is 2.27 bits per heavy atom. The molecule has 0 radical (unpaired) electrons. The molecule has 1 atom stereocenters. The molecular weight excluding hydrogens is 327 g/mol. The van der Waals surface area contributed by atoms with Crippen LogP contribution in [0.1, 0.15) is 6.42 Å². The van der Waals surface area contributed by atoms with Gasteiger partial charge in [0.2, 0.25) is 0 Å². The summed E-state index contributed by atoms with van der Waals surface area (Å²) in [7, 11) is 0. The van der Waals surface area contributed by atoms with Crippen molar-refractivity contribution < 1.29 is 23.0 Å². The van der Waals surface area contributed by atoms with Crippen molar-refractivity contribution in [3.8, 4) is 0 Å². The fourth-order valence-corrected chi connectivity index (χ4v) is 3.42. The Hall–Kier alpha value is -1.62. The van der Waals surface area contributed by atoms with Gasteiger partial charge in [-0.15, -0.1) is 0 Å². The highest BCUT2D eigenvalue weighted by Gasteiger charge is 2.55. The van der Waals surface area contributed by atoms with Crippen molar-refractivity contribution in [1.82, 2.24) is 4.90 Å². The Balaban J connectivity index is 2.51. The Bertz CT molecular complexity index is 557. The molecule has 1 aliphatic carbocycles. The number of hydrogen-bond donors (Lipinski definition) is 0. The first-order valence-corrected chi connectivity index (χ1v) is 7.44. The normalized spacial score (nSPS) is 27.0. The second-order valence-electron chi connectivity index (χ2n) is 4.91. The number of halogens is 3. The minimum absolute atomic E-state index is 0.207. The smallest absolute Gasteiger partial charge is 0.262 e. The molecule has 1 heterocycles. The molecule has 0 amide bonds. The van der Waals surface area contributed by atoms with E-state index in [4.69, 9.17) is 0 Å². The second-order valence-corrected chi connectivity index (χ2v) is 6.13. The molecule has 2 aliphatic rings. The number of nitrogens with zero attached hydrogens (tertiary/aromatic N) is 3. The number of hydrogen-bond acceptors (Lipinski definition) is 6. The number of thioether (sulfide) groups is 1. The predicted molar refractivity (Wildman–Crippen MR) is 72.5 cm³/mol. The number of rotatable bonds is 3. The van der Waals surface area contributed by atoms with Gasteiger partial charge in [-0.05, 0) is 0 Å². The average Bonchev–Trinajstić information content (AvgIpc) is 2.46. The third-order valence-corrected chi connectivity index (χ3v) is 4.54. The van der Waals surface area contributed by atoms with Crippen LogP contribution in [-0.2, 0) is 0 Å². The lowest BCUT2D eigenvalue weighted by Gasteiger charge is -2.38. The van der Waals surface area contributed by atoms with Crippen LogP contribution in [0.3, 0.4) is 0 Å². The van der Waals surface area contributed by atoms with Crippen molar-refractivity contribution in [1.29, 1.82) is 0 Å². The molecule has 0 bridgehead atoms. The monoisotopic (exact) mass is 339 g/mol. The topological polar surface area (TPSA) is 89.5 Å². The molecule has 0 spiro atoms. The quantitative estimate of drug-likeness (QED) is 0.577. The maximum atomic E-state index is 13.0. The highest BCUT2D eigenvalue weighted by Crippen LogP contribution is 2.40. The lowest BCUT2D eigenvalue weighted by Crippen LogP contribution is -2.57. The van der Waals surface area contributed by atoms with E-state index in [-0.39, 0.29) is 13.1 Å². The van der Waals surface area contributed by atoms with Gasteiger partial charge in [-0.3, -0.25) is 20.2 Å². The maximum Gasteiger partial charge on any atom is 0.413 e. The summed E-state index contributed by atoms with van der Waals surface area (Å²) in [6.45, 7) is 0.413. The van der Waals surface area contributed by atoms with Gasteiger partial charge >= 0.3 is 11.8 Å². The summed E-state index contributed by atoms with van der Waals surface area (Å²) in [6, 6.07) is 0. The van der Waals surface area contributed by atoms with Crippen molar-refractivity contribution in [3.05, 3.63) is 43.7 Å². The van der Waals surface area contributed by atoms with Crippen molar-refractivity contribution in [2.24, 2.45) is 0 Å². The molecule has 2 rings (SSSR count). The van der Waals surface area contributed by atoms with Gasteiger partial charge in [0.25, 0.3) is 5.70 Å². The fourth-order valence-electron chi connectivity index (χ4n) is 2.51. The van der Waals surface area contributed by atoms with Crippen LogP contribution in [0.5, 0.6) is 0 Å². The highest BCUT2D eigenvalue weighted by atomic mass is 32.2. The Morgan fingerprint density at radius 2 is 1.82 bits per heavy atom. The first-order chi connectivity index (χ1) is 10.2. The van der Waals surface area contributed by atoms with Crippen molar-refractivity contribution in [2.45, 2.75) is 18.3 Å². The van der Waals surface area contributed by atoms with Crippen molar-refractivity contribution in [2.75, 3.05) is 24.6 Å². The summed E-state index contributed by atoms with van der Waals surface area (Å²) in [5.74, 6) is 1.06. The van der Waals surface area contributed by atoms with Gasteiger partial charge in [0.15, 0.2) is 0 Å². The van der Waals surface area contributed by atoms with Gasteiger partial charge in [0.1, 0.15) is 0 Å². The van der Waals surface area contributed by atoms with E-state index in [1.165, 1.54) is 16.7 Å². The van der Waals surface area contributed by atoms with Gasteiger partial charge in [0.05, 0.1) is 17.4 Å². The van der Waals surface area contributed by atoms with Gasteiger partial charge in [-0.2, -0.15) is 24.9 Å². The first kappa shape index (κ1) is 16.7. The number of allylic oxidation sites excluding steroid dienone is 1. The minimum Gasteiger partial charge on any atom is -0.262 e. The summed E-state index contributed by atoms with van der Waals surface area (Å²) in [5.41, 5.74) is -4.37. The molecule has 0 aromatic carbocycles. The summed E-state index contributed by atoms with van der Waals surface area (Å²) >= 11 is 1.53. The SMILES string of the molecule is O=[N+]([O-])C1=CC(N2CCSCC2)([N+](=O)[O-])CC(C(F)(F)F)=C1. The van der Waals surface area contributed by atoms with E-state index >= 15 is 0 Å². The lowest BCUT2D eigenvalue weighted by molar-refractivity contribution is -0.588. The number of nitro groups is 2. The second kappa shape index (κ2) is 5.88. The third kappa shape index (κ3) is 3.09. The van der Waals surface area contributed by atoms with Crippen molar-refractivity contribution in [3.63, 3.8) is 0 Å². The van der Waals surface area contributed by atoms with Gasteiger partial charge < -0.3 is 0 Å². The molecule has 0 saturated carbocycles. The Morgan fingerprint density at radius 1 is 1.23 bits per heavy atom. The summed E-state index contributed by atoms with van der Waals surface area (Å²) < 4.78 is 39.0. The van der Waals surface area contributed by atoms with E-state index in [1.54, 1.807) is 0 Å². The maximum absolute atomic E-state index is 13.0. The van der Waals surface area contributed by atoms with Crippen LogP contribution in [0, 0.1) is 20.2 Å². The summed E-state index contributed by atoms with van der Waals surface area (Å²) in [6.07, 6.45) is -4.66. The Labute approximate surface area is 127 Å². The van der Waals surface area contributed by atoms with Gasteiger partial charge in [0, 0.05) is 41.2 Å². The molecule has 11 heteroatoms. The van der Waals surface area contributed by atoms with Crippen LogP contribution in [0.25, 0.3) is 0 Å². The number of alkyl halides is 3. The van der Waals surface area contributed by atoms with Crippen LogP contribution in [-0.4, -0.2) is 51.2 Å². The predicted octanol–water partition coefficient (Wildman–Crippen LogP) is 2.06. The van der Waals surface area contributed by atoms with E-state index in [0.717, 1.165) is 6.08 Å². The van der Waals surface area contributed by atoms with Crippen LogP contribution < -0.4 is 0 Å². The molecular formula is C11H12F3N3O4S. The van der Waals surface area contributed by atoms with Crippen LogP contribution in [0.15, 0.2) is 23.4 Å². The molecule has 22 heavy (non-hydrogen) atoms. The van der Waals surface area contributed by atoms with Crippen molar-refractivity contribution >= 4 is 11.8 Å². The van der Waals surface area contributed by atoms with Crippen LogP contribution in [0.4, 0.5) is 13.2 Å². The van der Waals surface area contributed by atoms with Gasteiger partial charge in [-0.25, -0.2) is 4.90 Å². The Kier molecular flexibility index (Phi) is 4.47. The third-order valence-electron chi connectivity index (χ3n) is 3.60. The molecule has 1 fully saturated rings. The molecule has 122 valence electrons. The molecule has 0 N–H and O–H groups in total. The van der Waals surface area contributed by atoms with Crippen LogP contribution in [0.2, 0.25) is 0 Å². The molecule has 1 saturated heterocycles. The molecule has 0 aromatic heterocycles. The highest BCUT2D eigenvalue weighted by molar-refractivity contribution is 7.99. The van der Waals surface area contributed by atoms with E-state index < -0.39 is 39.4 Å². The first-order valence-electron chi connectivity index (χ1n) is 6.29. The minimum atomic E-state index is -4.85. The van der Waals surface area contributed by atoms with E-state index in [0.29, 0.717) is 17.6 Å². The zero-order valence-electron chi connectivity index (χ0n) is 11.2. The standard InChI is InChI=1S/C11H12F3N3O4S/c12-11(13,14)8-5-9(16(18)19)7-10(6-8,17(20)21)15-1-3-22-4-2-15/h5,7H,1-4,6H2. The van der Waals surface area contributed by atoms with E-state index in [9.17, 15) is 33.4 Å². The lowest BCUT2D eigenvalue weighted by atomic mass is 9.91. The summed E-state index contributed by atoms with van der Waals surface area (Å²) in [5, 5.41) is 22.4. The molecule has 1 aliphatic heterocycles. The van der Waals surface area contributed by atoms with Gasteiger partial charge in [-0.1, -0.05) is 0 Å². The molecule has 0 aromatic rings. The molecule has 1 unspecified atom stereocenters. The summed E-state index contributed by atoms with van der Waals surface area (Å²) in [4.78, 5) is 21.8. The molecule has 7 nitrogen and oxygen atoms in total. The zero-order chi connectivity index (χ0) is 16.5. The largest absolute Gasteiger partial charge is 0.413 e. The average molecular weight is 339 g/mol. The van der Waals surface area contributed by atoms with Crippen LogP contribution >= 0.6 is 11.8 Å².